The number of likely N-dealkylation sites (tertiary alicyclic amines) is 1. The molecule has 246 valence electrons. The van der Waals surface area contributed by atoms with Gasteiger partial charge in [0.05, 0.1) is 0 Å². The molecule has 0 aromatic carbocycles. The van der Waals surface area contributed by atoms with E-state index in [9.17, 15) is 14.4 Å². The van der Waals surface area contributed by atoms with Crippen molar-refractivity contribution in [3.8, 4) is 0 Å². The highest BCUT2D eigenvalue weighted by atomic mass is 16.6. The van der Waals surface area contributed by atoms with Gasteiger partial charge in [-0.2, -0.15) is 0 Å². The Labute approximate surface area is 260 Å². The number of hydrogen-bond acceptors (Lipinski definition) is 4. The molecule has 0 N–H and O–H groups in total. The smallest absolute Gasteiger partial charge is 0.336 e. The van der Waals surface area contributed by atoms with E-state index in [1.807, 2.05) is 0 Å². The zero-order chi connectivity index (χ0) is 30.5. The first-order valence-corrected chi connectivity index (χ1v) is 18.6. The summed E-state index contributed by atoms with van der Waals surface area (Å²) in [5.41, 5.74) is 0. The molecule has 0 aliphatic carbocycles. The van der Waals surface area contributed by atoms with E-state index < -0.39 is 18.0 Å². The van der Waals surface area contributed by atoms with E-state index in [-0.39, 0.29) is 5.91 Å². The Kier molecular flexibility index (Phi) is 26.1. The maximum atomic E-state index is 12.8. The van der Waals surface area contributed by atoms with Crippen molar-refractivity contribution >= 4 is 17.8 Å². The van der Waals surface area contributed by atoms with Gasteiger partial charge in [-0.15, -0.1) is 0 Å². The summed E-state index contributed by atoms with van der Waals surface area (Å²) < 4.78 is 5.17. The number of ether oxygens (including phenoxy) is 1. The van der Waals surface area contributed by atoms with Crippen molar-refractivity contribution in [2.24, 2.45) is 0 Å². The number of carbonyl (C=O) groups is 3. The average molecular weight is 592 g/mol. The molecule has 1 rings (SSSR count). The Bertz CT molecular complexity index is 664. The summed E-state index contributed by atoms with van der Waals surface area (Å²) in [7, 11) is 0. The SMILES string of the molecule is CCCCCCCCCCCCCCCC(=O)OC(=O)[C@@H]1CCCN1C(=O)CCCCCCCCCCCCCCC. The van der Waals surface area contributed by atoms with Gasteiger partial charge in [-0.1, -0.05) is 168 Å². The molecule has 5 nitrogen and oxygen atoms in total. The lowest BCUT2D eigenvalue weighted by atomic mass is 10.0. The predicted octanol–water partition coefficient (Wildman–Crippen LogP) is 11.0. The minimum atomic E-state index is -0.574. The fourth-order valence-corrected chi connectivity index (χ4v) is 6.27. The maximum absolute atomic E-state index is 12.8. The maximum Gasteiger partial charge on any atom is 0.336 e. The Morgan fingerprint density at radius 1 is 0.524 bits per heavy atom. The number of amides is 1. The largest absolute Gasteiger partial charge is 0.392 e. The average Bonchev–Trinajstić information content (AvgIpc) is 3.48. The summed E-state index contributed by atoms with van der Waals surface area (Å²) in [6, 6.07) is -0.574. The zero-order valence-corrected chi connectivity index (χ0v) is 28.1. The van der Waals surface area contributed by atoms with Crippen LogP contribution in [0.1, 0.15) is 206 Å². The van der Waals surface area contributed by atoms with Gasteiger partial charge in [0.15, 0.2) is 0 Å². The number of nitrogens with zero attached hydrogens (tertiary/aromatic N) is 1. The summed E-state index contributed by atoms with van der Waals surface area (Å²) in [4.78, 5) is 39.4. The van der Waals surface area contributed by atoms with E-state index in [1.54, 1.807) is 4.90 Å². The Hall–Kier alpha value is -1.39. The van der Waals surface area contributed by atoms with E-state index in [0.717, 1.165) is 38.5 Å². The minimum absolute atomic E-state index is 0.0430. The monoisotopic (exact) mass is 592 g/mol. The predicted molar refractivity (Wildman–Crippen MR) is 176 cm³/mol. The first-order chi connectivity index (χ1) is 20.6. The fraction of sp³-hybridized carbons (Fsp3) is 0.919. The fourth-order valence-electron chi connectivity index (χ4n) is 6.27. The van der Waals surface area contributed by atoms with Crippen LogP contribution in [0.2, 0.25) is 0 Å². The molecule has 42 heavy (non-hydrogen) atoms. The standard InChI is InChI=1S/C37H69NO4/c1-3-5-7-9-11-13-15-17-19-21-23-25-27-31-35(39)38-33-29-30-34(38)37(41)42-36(40)32-28-26-24-22-20-18-16-14-12-10-8-6-4-2/h34H,3-33H2,1-2H3/t34-/m0/s1. The van der Waals surface area contributed by atoms with Crippen molar-refractivity contribution in [2.45, 2.75) is 213 Å². The first kappa shape index (κ1) is 38.6. The second-order valence-corrected chi connectivity index (χ2v) is 13.0. The Morgan fingerprint density at radius 3 is 1.29 bits per heavy atom. The van der Waals surface area contributed by atoms with Crippen LogP contribution >= 0.6 is 0 Å². The van der Waals surface area contributed by atoms with Gasteiger partial charge in [-0.3, -0.25) is 9.59 Å². The van der Waals surface area contributed by atoms with Gasteiger partial charge in [-0.05, 0) is 25.7 Å². The van der Waals surface area contributed by atoms with Crippen LogP contribution in [-0.4, -0.2) is 35.3 Å². The molecule has 0 aromatic rings. The summed E-state index contributed by atoms with van der Waals surface area (Å²) in [6.45, 7) is 5.13. The van der Waals surface area contributed by atoms with Crippen LogP contribution in [0.15, 0.2) is 0 Å². The lowest BCUT2D eigenvalue weighted by Crippen LogP contribution is -2.42. The lowest BCUT2D eigenvalue weighted by molar-refractivity contribution is -0.164. The van der Waals surface area contributed by atoms with Gasteiger partial charge >= 0.3 is 11.9 Å². The van der Waals surface area contributed by atoms with Crippen molar-refractivity contribution in [1.29, 1.82) is 0 Å². The molecule has 0 spiro atoms. The van der Waals surface area contributed by atoms with Gasteiger partial charge < -0.3 is 9.64 Å². The Balaban J connectivity index is 2.02. The molecule has 0 saturated carbocycles. The summed E-state index contributed by atoms with van der Waals surface area (Å²) in [5.74, 6) is -0.911. The number of hydrogen-bond donors (Lipinski definition) is 0. The first-order valence-electron chi connectivity index (χ1n) is 18.6. The van der Waals surface area contributed by atoms with Gasteiger partial charge in [0.2, 0.25) is 5.91 Å². The molecule has 1 aliphatic rings. The van der Waals surface area contributed by atoms with Crippen LogP contribution in [-0.2, 0) is 19.1 Å². The van der Waals surface area contributed by atoms with Crippen molar-refractivity contribution in [2.75, 3.05) is 6.54 Å². The topological polar surface area (TPSA) is 63.7 Å². The van der Waals surface area contributed by atoms with E-state index in [4.69, 9.17) is 4.74 Å². The Morgan fingerprint density at radius 2 is 0.881 bits per heavy atom. The van der Waals surface area contributed by atoms with Gasteiger partial charge in [0.1, 0.15) is 6.04 Å². The number of unbranched alkanes of at least 4 members (excludes halogenated alkanes) is 24. The molecule has 0 aromatic heterocycles. The molecule has 1 amide bonds. The molecule has 0 unspecified atom stereocenters. The van der Waals surface area contributed by atoms with Crippen LogP contribution in [0.5, 0.6) is 0 Å². The number of rotatable bonds is 29. The summed E-state index contributed by atoms with van der Waals surface area (Å²) >= 11 is 0. The second-order valence-electron chi connectivity index (χ2n) is 13.0. The van der Waals surface area contributed by atoms with Crippen LogP contribution in [0.4, 0.5) is 0 Å². The summed E-state index contributed by atoms with van der Waals surface area (Å²) in [5, 5.41) is 0. The van der Waals surface area contributed by atoms with Gasteiger partial charge in [0, 0.05) is 19.4 Å². The molecular formula is C37H69NO4. The second kappa shape index (κ2) is 28.4. The molecular weight excluding hydrogens is 522 g/mol. The van der Waals surface area contributed by atoms with E-state index in [2.05, 4.69) is 13.8 Å². The highest BCUT2D eigenvalue weighted by molar-refractivity contribution is 5.91. The molecule has 0 radical (unpaired) electrons. The zero-order valence-electron chi connectivity index (χ0n) is 28.1. The van der Waals surface area contributed by atoms with Crippen LogP contribution in [0, 0.1) is 0 Å². The normalized spacial score (nSPS) is 14.9. The third-order valence-corrected chi connectivity index (χ3v) is 9.04. The molecule has 1 heterocycles. The number of carbonyl (C=O) groups excluding carboxylic acids is 3. The number of esters is 2. The molecule has 1 atom stereocenters. The van der Waals surface area contributed by atoms with Crippen molar-refractivity contribution in [1.82, 2.24) is 4.90 Å². The molecule has 0 bridgehead atoms. The van der Waals surface area contributed by atoms with Crippen molar-refractivity contribution in [3.05, 3.63) is 0 Å². The van der Waals surface area contributed by atoms with Crippen LogP contribution in [0.3, 0.4) is 0 Å². The third-order valence-electron chi connectivity index (χ3n) is 9.04. The minimum Gasteiger partial charge on any atom is -0.392 e. The van der Waals surface area contributed by atoms with Crippen LogP contribution in [0.25, 0.3) is 0 Å². The molecule has 5 heteroatoms. The molecule has 1 aliphatic heterocycles. The van der Waals surface area contributed by atoms with Gasteiger partial charge in [0.25, 0.3) is 0 Å². The quantitative estimate of drug-likeness (QED) is 0.0493. The van der Waals surface area contributed by atoms with E-state index >= 15 is 0 Å². The molecule has 1 fully saturated rings. The van der Waals surface area contributed by atoms with Crippen molar-refractivity contribution in [3.63, 3.8) is 0 Å². The van der Waals surface area contributed by atoms with Crippen LogP contribution < -0.4 is 0 Å². The summed E-state index contributed by atoms with van der Waals surface area (Å²) in [6.07, 6.45) is 35.2. The highest BCUT2D eigenvalue weighted by Gasteiger charge is 2.35. The lowest BCUT2D eigenvalue weighted by Gasteiger charge is -2.23. The molecule has 1 saturated heterocycles. The third kappa shape index (κ3) is 21.3. The van der Waals surface area contributed by atoms with Gasteiger partial charge in [-0.25, -0.2) is 4.79 Å². The van der Waals surface area contributed by atoms with E-state index in [0.29, 0.717) is 25.8 Å². The highest BCUT2D eigenvalue weighted by Crippen LogP contribution is 2.21. The van der Waals surface area contributed by atoms with E-state index in [1.165, 1.54) is 135 Å². The van der Waals surface area contributed by atoms with Crippen molar-refractivity contribution < 1.29 is 19.1 Å².